The second-order valence-corrected chi connectivity index (χ2v) is 5.01. The van der Waals surface area contributed by atoms with Crippen molar-refractivity contribution in [1.29, 1.82) is 0 Å². The molecule has 0 aromatic heterocycles. The van der Waals surface area contributed by atoms with E-state index in [1.54, 1.807) is 0 Å². The van der Waals surface area contributed by atoms with Crippen molar-refractivity contribution in [3.8, 4) is 0 Å². The molecule has 0 aliphatic carbocycles. The van der Waals surface area contributed by atoms with Crippen LogP contribution in [0.5, 0.6) is 0 Å². The fraction of sp³-hybridized carbons (Fsp3) is 0.500. The van der Waals surface area contributed by atoms with Crippen molar-refractivity contribution in [3.63, 3.8) is 0 Å². The van der Waals surface area contributed by atoms with Crippen LogP contribution in [0.1, 0.15) is 12.5 Å². The predicted octanol–water partition coefficient (Wildman–Crippen LogP) is 1.91. The van der Waals surface area contributed by atoms with Gasteiger partial charge in [-0.1, -0.05) is 12.1 Å². The molecule has 1 heterocycles. The van der Waals surface area contributed by atoms with E-state index in [1.165, 1.54) is 10.5 Å². The van der Waals surface area contributed by atoms with Crippen LogP contribution in [-0.4, -0.2) is 53.7 Å². The maximum atomic E-state index is 11.0. The number of carbonyl (C=O) groups is 1. The summed E-state index contributed by atoms with van der Waals surface area (Å²) in [6.45, 7) is 5.02. The average molecular weight is 263 g/mol. The molecule has 104 valence electrons. The number of nitrogens with one attached hydrogen (secondary N) is 1. The van der Waals surface area contributed by atoms with Gasteiger partial charge in [0.15, 0.2) is 0 Å². The third-order valence-electron chi connectivity index (χ3n) is 3.61. The van der Waals surface area contributed by atoms with Gasteiger partial charge in [0.25, 0.3) is 0 Å². The Morgan fingerprint density at radius 3 is 2.58 bits per heavy atom. The van der Waals surface area contributed by atoms with Crippen LogP contribution in [0.2, 0.25) is 0 Å². The molecule has 1 aromatic carbocycles. The van der Waals surface area contributed by atoms with Gasteiger partial charge in [0, 0.05) is 45.0 Å². The molecule has 1 amide bonds. The van der Waals surface area contributed by atoms with Gasteiger partial charge in [-0.25, -0.2) is 4.79 Å². The molecule has 0 saturated carbocycles. The minimum absolute atomic E-state index is 0.0582. The quantitative estimate of drug-likeness (QED) is 0.874. The summed E-state index contributed by atoms with van der Waals surface area (Å²) in [4.78, 5) is 14.8. The Balaban J connectivity index is 1.92. The molecule has 0 bridgehead atoms. The molecule has 5 nitrogen and oxygen atoms in total. The molecule has 2 rings (SSSR count). The van der Waals surface area contributed by atoms with Crippen LogP contribution in [0.3, 0.4) is 0 Å². The van der Waals surface area contributed by atoms with Gasteiger partial charge in [-0.15, -0.1) is 0 Å². The number of anilines is 1. The van der Waals surface area contributed by atoms with E-state index >= 15 is 0 Å². The van der Waals surface area contributed by atoms with Crippen molar-refractivity contribution in [1.82, 2.24) is 9.80 Å². The highest BCUT2D eigenvalue weighted by Gasteiger charge is 2.26. The molecule has 1 saturated heterocycles. The van der Waals surface area contributed by atoms with Crippen LogP contribution in [0.25, 0.3) is 0 Å². The van der Waals surface area contributed by atoms with Gasteiger partial charge in [-0.05, 0) is 24.6 Å². The molecule has 5 heteroatoms. The third kappa shape index (κ3) is 3.38. The number of piperazine rings is 1. The molecule has 1 aromatic rings. The number of amides is 1. The van der Waals surface area contributed by atoms with Gasteiger partial charge >= 0.3 is 6.09 Å². The largest absolute Gasteiger partial charge is 0.465 e. The Kier molecular flexibility index (Phi) is 4.27. The summed E-state index contributed by atoms with van der Waals surface area (Å²) in [6, 6.07) is 8.40. The van der Waals surface area contributed by atoms with Crippen molar-refractivity contribution in [2.75, 3.05) is 32.0 Å². The highest BCUT2D eigenvalue weighted by atomic mass is 16.4. The second-order valence-electron chi connectivity index (χ2n) is 5.01. The molecule has 1 aliphatic heterocycles. The van der Waals surface area contributed by atoms with Crippen LogP contribution >= 0.6 is 0 Å². The zero-order chi connectivity index (χ0) is 13.8. The zero-order valence-electron chi connectivity index (χ0n) is 11.5. The van der Waals surface area contributed by atoms with Crippen molar-refractivity contribution >= 4 is 11.8 Å². The van der Waals surface area contributed by atoms with Crippen LogP contribution < -0.4 is 5.32 Å². The molecule has 1 aliphatic rings. The van der Waals surface area contributed by atoms with E-state index in [2.05, 4.69) is 34.5 Å². The van der Waals surface area contributed by atoms with Crippen LogP contribution in [0, 0.1) is 0 Å². The number of nitrogens with zero attached hydrogens (tertiary/aromatic N) is 2. The van der Waals surface area contributed by atoms with Gasteiger partial charge < -0.3 is 15.3 Å². The first-order valence-corrected chi connectivity index (χ1v) is 6.58. The topological polar surface area (TPSA) is 55.8 Å². The molecule has 1 fully saturated rings. The summed E-state index contributed by atoms with van der Waals surface area (Å²) in [5.41, 5.74) is 2.36. The number of hydrogen-bond donors (Lipinski definition) is 2. The smallest absolute Gasteiger partial charge is 0.407 e. The first-order valence-electron chi connectivity index (χ1n) is 6.58. The summed E-state index contributed by atoms with van der Waals surface area (Å²) in [7, 11) is 1.90. The Morgan fingerprint density at radius 1 is 1.37 bits per heavy atom. The lowest BCUT2D eigenvalue weighted by Gasteiger charge is -2.38. The van der Waals surface area contributed by atoms with Crippen LogP contribution in [0.4, 0.5) is 10.5 Å². The standard InChI is InChI=1S/C14H21N3O2/c1-11-9-16(7-8-17(11)14(18)19)10-12-3-5-13(15-2)6-4-12/h3-6,11,15H,7-10H2,1-2H3,(H,18,19)/t11-/m1/s1. The summed E-state index contributed by atoms with van der Waals surface area (Å²) >= 11 is 0. The van der Waals surface area contributed by atoms with E-state index in [-0.39, 0.29) is 6.04 Å². The van der Waals surface area contributed by atoms with Gasteiger partial charge in [-0.3, -0.25) is 4.90 Å². The van der Waals surface area contributed by atoms with Gasteiger partial charge in [0.1, 0.15) is 0 Å². The van der Waals surface area contributed by atoms with Gasteiger partial charge in [0.2, 0.25) is 0 Å². The molecule has 0 spiro atoms. The van der Waals surface area contributed by atoms with Crippen molar-refractivity contribution in [2.45, 2.75) is 19.5 Å². The highest BCUT2D eigenvalue weighted by molar-refractivity contribution is 5.65. The normalized spacial score (nSPS) is 20.3. The molecular formula is C14H21N3O2. The van der Waals surface area contributed by atoms with Gasteiger partial charge in [-0.2, -0.15) is 0 Å². The van der Waals surface area contributed by atoms with E-state index in [4.69, 9.17) is 5.11 Å². The fourth-order valence-electron chi connectivity index (χ4n) is 2.50. The zero-order valence-corrected chi connectivity index (χ0v) is 11.5. The number of hydrogen-bond acceptors (Lipinski definition) is 3. The monoisotopic (exact) mass is 263 g/mol. The van der Waals surface area contributed by atoms with E-state index < -0.39 is 6.09 Å². The molecule has 2 N–H and O–H groups in total. The number of rotatable bonds is 3. The number of benzene rings is 1. The summed E-state index contributed by atoms with van der Waals surface area (Å²) in [6.07, 6.45) is -0.814. The van der Waals surface area contributed by atoms with Crippen LogP contribution in [-0.2, 0) is 6.54 Å². The average Bonchev–Trinajstić information content (AvgIpc) is 2.39. The first kappa shape index (κ1) is 13.7. The highest BCUT2D eigenvalue weighted by Crippen LogP contribution is 2.15. The lowest BCUT2D eigenvalue weighted by molar-refractivity contribution is 0.0711. The second kappa shape index (κ2) is 5.93. The maximum absolute atomic E-state index is 11.0. The van der Waals surface area contributed by atoms with Crippen molar-refractivity contribution in [2.24, 2.45) is 0 Å². The lowest BCUT2D eigenvalue weighted by atomic mass is 10.1. The lowest BCUT2D eigenvalue weighted by Crippen LogP contribution is -2.53. The van der Waals surface area contributed by atoms with E-state index in [0.29, 0.717) is 6.54 Å². The SMILES string of the molecule is CNc1ccc(CN2CCN(C(=O)O)[C@H](C)C2)cc1. The van der Waals surface area contributed by atoms with E-state index in [1.807, 2.05) is 14.0 Å². The first-order chi connectivity index (χ1) is 9.10. The Hall–Kier alpha value is -1.75. The predicted molar refractivity (Wildman–Crippen MR) is 75.5 cm³/mol. The Morgan fingerprint density at radius 2 is 2.05 bits per heavy atom. The minimum atomic E-state index is -0.814. The molecule has 0 radical (unpaired) electrons. The Bertz CT molecular complexity index is 433. The maximum Gasteiger partial charge on any atom is 0.407 e. The minimum Gasteiger partial charge on any atom is -0.465 e. The molecule has 0 unspecified atom stereocenters. The molecule has 1 atom stereocenters. The van der Waals surface area contributed by atoms with E-state index in [0.717, 1.165) is 25.3 Å². The molecular weight excluding hydrogens is 242 g/mol. The van der Waals surface area contributed by atoms with Crippen molar-refractivity contribution < 1.29 is 9.90 Å². The summed E-state index contributed by atoms with van der Waals surface area (Å²) in [5.74, 6) is 0. The fourth-order valence-corrected chi connectivity index (χ4v) is 2.50. The third-order valence-corrected chi connectivity index (χ3v) is 3.61. The summed E-state index contributed by atoms with van der Waals surface area (Å²) < 4.78 is 0. The molecule has 19 heavy (non-hydrogen) atoms. The Labute approximate surface area is 113 Å². The van der Waals surface area contributed by atoms with Crippen molar-refractivity contribution in [3.05, 3.63) is 29.8 Å². The van der Waals surface area contributed by atoms with E-state index in [9.17, 15) is 4.79 Å². The summed E-state index contributed by atoms with van der Waals surface area (Å²) in [5, 5.41) is 12.1. The van der Waals surface area contributed by atoms with Crippen LogP contribution in [0.15, 0.2) is 24.3 Å². The number of carboxylic acid groups (broad SMARTS) is 1. The van der Waals surface area contributed by atoms with Gasteiger partial charge in [0.05, 0.1) is 0 Å².